The smallest absolute Gasteiger partial charge is 0.412 e. The lowest BCUT2D eigenvalue weighted by Crippen LogP contribution is -2.27. The monoisotopic (exact) mass is 297 g/mol. The molecule has 0 unspecified atom stereocenters. The number of carboxylic acid groups (broad SMARTS) is 1. The quantitative estimate of drug-likeness (QED) is 0.832. The third-order valence-electron chi connectivity index (χ3n) is 2.06. The molecular formula is C14H16ClNO4. The number of hydrogen-bond acceptors (Lipinski definition) is 3. The molecule has 1 rings (SSSR count). The molecule has 0 aliphatic rings. The van der Waals surface area contributed by atoms with Gasteiger partial charge in [0.1, 0.15) is 5.60 Å². The Labute approximate surface area is 122 Å². The molecule has 0 aliphatic carbocycles. The zero-order chi connectivity index (χ0) is 15.3. The fourth-order valence-electron chi connectivity index (χ4n) is 1.36. The zero-order valence-corrected chi connectivity index (χ0v) is 12.2. The molecule has 0 saturated heterocycles. The van der Waals surface area contributed by atoms with Gasteiger partial charge in [0.25, 0.3) is 0 Å². The van der Waals surface area contributed by atoms with Crippen molar-refractivity contribution in [1.29, 1.82) is 0 Å². The molecule has 0 aromatic heterocycles. The van der Waals surface area contributed by atoms with Gasteiger partial charge in [-0.05, 0) is 44.5 Å². The van der Waals surface area contributed by atoms with E-state index in [-0.39, 0.29) is 0 Å². The molecule has 0 aliphatic heterocycles. The van der Waals surface area contributed by atoms with E-state index in [4.69, 9.17) is 21.4 Å². The summed E-state index contributed by atoms with van der Waals surface area (Å²) in [6.45, 7) is 5.24. The van der Waals surface area contributed by atoms with Gasteiger partial charge < -0.3 is 9.84 Å². The molecule has 0 heterocycles. The third-order valence-corrected chi connectivity index (χ3v) is 2.29. The molecule has 0 fully saturated rings. The van der Waals surface area contributed by atoms with E-state index in [1.165, 1.54) is 12.1 Å². The van der Waals surface area contributed by atoms with E-state index < -0.39 is 17.7 Å². The Morgan fingerprint density at radius 1 is 1.35 bits per heavy atom. The van der Waals surface area contributed by atoms with Crippen LogP contribution in [0.25, 0.3) is 6.08 Å². The molecule has 6 heteroatoms. The van der Waals surface area contributed by atoms with Gasteiger partial charge in [-0.15, -0.1) is 0 Å². The highest BCUT2D eigenvalue weighted by Gasteiger charge is 2.17. The second-order valence-electron chi connectivity index (χ2n) is 5.03. The van der Waals surface area contributed by atoms with E-state index in [2.05, 4.69) is 5.32 Å². The van der Waals surface area contributed by atoms with Crippen molar-refractivity contribution in [3.8, 4) is 0 Å². The Balaban J connectivity index is 2.95. The van der Waals surface area contributed by atoms with Gasteiger partial charge in [0.05, 0.1) is 5.69 Å². The van der Waals surface area contributed by atoms with Gasteiger partial charge in [-0.2, -0.15) is 0 Å². The predicted octanol–water partition coefficient (Wildman–Crippen LogP) is 3.78. The molecule has 1 aromatic carbocycles. The lowest BCUT2D eigenvalue weighted by Gasteiger charge is -2.20. The minimum absolute atomic E-state index is 0.379. The zero-order valence-electron chi connectivity index (χ0n) is 11.4. The van der Waals surface area contributed by atoms with Crippen LogP contribution in [0.5, 0.6) is 0 Å². The van der Waals surface area contributed by atoms with Crippen molar-refractivity contribution in [1.82, 2.24) is 0 Å². The summed E-state index contributed by atoms with van der Waals surface area (Å²) < 4.78 is 5.13. The summed E-state index contributed by atoms with van der Waals surface area (Å²) >= 11 is 5.86. The second kappa shape index (κ2) is 6.43. The number of ether oxygens (including phenoxy) is 1. The molecule has 2 N–H and O–H groups in total. The molecule has 0 spiro atoms. The first-order chi connectivity index (χ1) is 9.17. The van der Waals surface area contributed by atoms with Crippen LogP contribution in [-0.2, 0) is 9.53 Å². The average Bonchev–Trinajstić information content (AvgIpc) is 2.24. The van der Waals surface area contributed by atoms with Gasteiger partial charge in [0, 0.05) is 11.1 Å². The summed E-state index contributed by atoms with van der Waals surface area (Å²) in [4.78, 5) is 22.2. The van der Waals surface area contributed by atoms with Gasteiger partial charge >= 0.3 is 12.1 Å². The molecule has 0 atom stereocenters. The number of hydrogen-bond donors (Lipinski definition) is 2. The van der Waals surface area contributed by atoms with Crippen LogP contribution in [0.2, 0.25) is 5.02 Å². The van der Waals surface area contributed by atoms with Gasteiger partial charge in [0.2, 0.25) is 0 Å². The predicted molar refractivity (Wildman–Crippen MR) is 78.0 cm³/mol. The van der Waals surface area contributed by atoms with Crippen molar-refractivity contribution in [2.75, 3.05) is 5.32 Å². The van der Waals surface area contributed by atoms with Crippen LogP contribution in [0.1, 0.15) is 26.3 Å². The number of halogens is 1. The topological polar surface area (TPSA) is 75.6 Å². The Hall–Kier alpha value is -2.01. The summed E-state index contributed by atoms with van der Waals surface area (Å²) in [7, 11) is 0. The largest absolute Gasteiger partial charge is 0.478 e. The highest BCUT2D eigenvalue weighted by molar-refractivity contribution is 6.31. The van der Waals surface area contributed by atoms with E-state index in [1.54, 1.807) is 32.9 Å². The van der Waals surface area contributed by atoms with Gasteiger partial charge in [0.15, 0.2) is 0 Å². The molecule has 0 radical (unpaired) electrons. The summed E-state index contributed by atoms with van der Waals surface area (Å²) in [5, 5.41) is 11.6. The molecule has 20 heavy (non-hydrogen) atoms. The van der Waals surface area contributed by atoms with E-state index in [0.717, 1.165) is 6.08 Å². The number of benzene rings is 1. The van der Waals surface area contributed by atoms with E-state index in [1.807, 2.05) is 0 Å². The van der Waals surface area contributed by atoms with Gasteiger partial charge in [-0.1, -0.05) is 17.7 Å². The molecule has 0 saturated carbocycles. The van der Waals surface area contributed by atoms with Crippen molar-refractivity contribution in [2.24, 2.45) is 0 Å². The maximum atomic E-state index is 11.7. The number of amides is 1. The highest BCUT2D eigenvalue weighted by Crippen LogP contribution is 2.23. The molecule has 1 aromatic rings. The average molecular weight is 298 g/mol. The van der Waals surface area contributed by atoms with Crippen molar-refractivity contribution >= 4 is 35.4 Å². The normalized spacial score (nSPS) is 11.4. The van der Waals surface area contributed by atoms with Crippen LogP contribution in [-0.4, -0.2) is 22.8 Å². The van der Waals surface area contributed by atoms with Crippen LogP contribution in [0.4, 0.5) is 10.5 Å². The Morgan fingerprint density at radius 3 is 2.55 bits per heavy atom. The highest BCUT2D eigenvalue weighted by atomic mass is 35.5. The van der Waals surface area contributed by atoms with Crippen molar-refractivity contribution in [3.63, 3.8) is 0 Å². The number of carbonyl (C=O) groups excluding carboxylic acids is 1. The standard InChI is InChI=1S/C14H16ClNO4/c1-14(2,3)20-13(19)16-11-8-10(15)6-4-9(11)5-7-12(17)18/h4-8H,1-3H3,(H,16,19)(H,17,18). The van der Waals surface area contributed by atoms with Gasteiger partial charge in [-0.3, -0.25) is 5.32 Å². The number of carboxylic acids is 1. The summed E-state index contributed by atoms with van der Waals surface area (Å²) in [5.74, 6) is -1.08. The SMILES string of the molecule is CC(C)(C)OC(=O)Nc1cc(Cl)ccc1C=CC(=O)O. The first-order valence-corrected chi connectivity index (χ1v) is 6.26. The van der Waals surface area contributed by atoms with Crippen LogP contribution in [0.15, 0.2) is 24.3 Å². The number of anilines is 1. The Kier molecular flexibility index (Phi) is 5.16. The van der Waals surface area contributed by atoms with E-state index in [0.29, 0.717) is 16.3 Å². The molecule has 108 valence electrons. The minimum Gasteiger partial charge on any atom is -0.478 e. The summed E-state index contributed by atoms with van der Waals surface area (Å²) in [5.41, 5.74) is 0.270. The maximum Gasteiger partial charge on any atom is 0.412 e. The molecule has 0 bridgehead atoms. The first kappa shape index (κ1) is 16.0. The van der Waals surface area contributed by atoms with Crippen LogP contribution < -0.4 is 5.32 Å². The van der Waals surface area contributed by atoms with Crippen LogP contribution >= 0.6 is 11.6 Å². The lowest BCUT2D eigenvalue weighted by atomic mass is 10.1. The fraction of sp³-hybridized carbons (Fsp3) is 0.286. The second-order valence-corrected chi connectivity index (χ2v) is 5.47. The Bertz CT molecular complexity index is 547. The number of carbonyl (C=O) groups is 2. The number of aliphatic carboxylic acids is 1. The van der Waals surface area contributed by atoms with Crippen molar-refractivity contribution in [3.05, 3.63) is 34.9 Å². The third kappa shape index (κ3) is 5.75. The molecule has 5 nitrogen and oxygen atoms in total. The fourth-order valence-corrected chi connectivity index (χ4v) is 1.53. The van der Waals surface area contributed by atoms with E-state index in [9.17, 15) is 9.59 Å². The number of nitrogens with one attached hydrogen (secondary N) is 1. The molecular weight excluding hydrogens is 282 g/mol. The summed E-state index contributed by atoms with van der Waals surface area (Å²) in [6.07, 6.45) is 1.71. The maximum absolute atomic E-state index is 11.7. The van der Waals surface area contributed by atoms with Crippen molar-refractivity contribution < 1.29 is 19.4 Å². The minimum atomic E-state index is -1.08. The van der Waals surface area contributed by atoms with Gasteiger partial charge in [-0.25, -0.2) is 9.59 Å². The van der Waals surface area contributed by atoms with Crippen LogP contribution in [0.3, 0.4) is 0 Å². The number of rotatable bonds is 3. The lowest BCUT2D eigenvalue weighted by molar-refractivity contribution is -0.131. The first-order valence-electron chi connectivity index (χ1n) is 5.88. The Morgan fingerprint density at radius 2 is 2.00 bits per heavy atom. The molecule has 1 amide bonds. The van der Waals surface area contributed by atoms with Crippen molar-refractivity contribution in [2.45, 2.75) is 26.4 Å². The summed E-state index contributed by atoms with van der Waals surface area (Å²) in [6, 6.07) is 4.73. The van der Waals surface area contributed by atoms with Crippen LogP contribution in [0, 0.1) is 0 Å². The van der Waals surface area contributed by atoms with E-state index >= 15 is 0 Å².